The minimum atomic E-state index is -0.905. The van der Waals surface area contributed by atoms with Crippen LogP contribution >= 0.6 is 0 Å². The summed E-state index contributed by atoms with van der Waals surface area (Å²) in [5, 5.41) is 12.1. The van der Waals surface area contributed by atoms with Crippen molar-refractivity contribution in [3.8, 4) is 0 Å². The van der Waals surface area contributed by atoms with Crippen LogP contribution in [0.15, 0.2) is 18.2 Å². The standard InChI is InChI=1S/C12H13F2NO2/c13-8-3-1-4-9(14)10(8)11(16)15-7-12(17)5-2-6-12/h1,3-4,17H,2,5-7H2,(H,15,16). The molecular formula is C12H13F2NO2. The minimum Gasteiger partial charge on any atom is -0.388 e. The van der Waals surface area contributed by atoms with E-state index in [-0.39, 0.29) is 6.54 Å². The van der Waals surface area contributed by atoms with Gasteiger partial charge in [0.15, 0.2) is 0 Å². The van der Waals surface area contributed by atoms with Gasteiger partial charge in [-0.2, -0.15) is 0 Å². The molecule has 1 fully saturated rings. The van der Waals surface area contributed by atoms with Crippen molar-refractivity contribution in [2.45, 2.75) is 24.9 Å². The molecule has 17 heavy (non-hydrogen) atoms. The number of amides is 1. The number of rotatable bonds is 3. The smallest absolute Gasteiger partial charge is 0.257 e. The molecule has 5 heteroatoms. The molecule has 92 valence electrons. The van der Waals surface area contributed by atoms with Crippen LogP contribution in [0.25, 0.3) is 0 Å². The van der Waals surface area contributed by atoms with E-state index in [0.717, 1.165) is 18.6 Å². The maximum Gasteiger partial charge on any atom is 0.257 e. The monoisotopic (exact) mass is 241 g/mol. The highest BCUT2D eigenvalue weighted by Gasteiger charge is 2.34. The van der Waals surface area contributed by atoms with Crippen LogP contribution in [0.1, 0.15) is 29.6 Å². The second kappa shape index (κ2) is 4.41. The lowest BCUT2D eigenvalue weighted by Crippen LogP contribution is -2.48. The Hall–Kier alpha value is -1.49. The Kier molecular flexibility index (Phi) is 3.11. The molecule has 0 saturated heterocycles. The van der Waals surface area contributed by atoms with E-state index in [4.69, 9.17) is 0 Å². The van der Waals surface area contributed by atoms with E-state index in [1.807, 2.05) is 0 Å². The average molecular weight is 241 g/mol. The summed E-state index contributed by atoms with van der Waals surface area (Å²) in [4.78, 5) is 11.6. The van der Waals surface area contributed by atoms with E-state index >= 15 is 0 Å². The van der Waals surface area contributed by atoms with Crippen LogP contribution in [-0.2, 0) is 0 Å². The highest BCUT2D eigenvalue weighted by molar-refractivity contribution is 5.94. The van der Waals surface area contributed by atoms with Crippen molar-refractivity contribution in [2.24, 2.45) is 0 Å². The molecule has 0 aromatic heterocycles. The van der Waals surface area contributed by atoms with Crippen LogP contribution < -0.4 is 5.32 Å². The number of hydrogen-bond acceptors (Lipinski definition) is 2. The molecule has 2 N–H and O–H groups in total. The Morgan fingerprint density at radius 1 is 1.35 bits per heavy atom. The maximum atomic E-state index is 13.3. The molecule has 0 heterocycles. The van der Waals surface area contributed by atoms with Crippen molar-refractivity contribution in [2.75, 3.05) is 6.54 Å². The fourth-order valence-corrected chi connectivity index (χ4v) is 1.81. The van der Waals surface area contributed by atoms with Crippen molar-refractivity contribution in [3.63, 3.8) is 0 Å². The number of carbonyl (C=O) groups excluding carboxylic acids is 1. The predicted octanol–water partition coefficient (Wildman–Crippen LogP) is 1.61. The number of hydrogen-bond donors (Lipinski definition) is 2. The molecule has 0 spiro atoms. The molecule has 1 aromatic carbocycles. The van der Waals surface area contributed by atoms with Crippen molar-refractivity contribution in [1.29, 1.82) is 0 Å². The summed E-state index contributed by atoms with van der Waals surface area (Å²) < 4.78 is 26.5. The first-order valence-corrected chi connectivity index (χ1v) is 5.46. The molecule has 0 radical (unpaired) electrons. The molecule has 0 atom stereocenters. The van der Waals surface area contributed by atoms with Gasteiger partial charge in [-0.25, -0.2) is 8.78 Å². The third-order valence-electron chi connectivity index (χ3n) is 3.05. The number of nitrogens with one attached hydrogen (secondary N) is 1. The Balaban J connectivity index is 2.04. The van der Waals surface area contributed by atoms with Gasteiger partial charge in [0.25, 0.3) is 5.91 Å². The first-order chi connectivity index (χ1) is 8.02. The topological polar surface area (TPSA) is 49.3 Å². The molecule has 1 aliphatic rings. The summed E-state index contributed by atoms with van der Waals surface area (Å²) in [5.41, 5.74) is -1.51. The quantitative estimate of drug-likeness (QED) is 0.844. The van der Waals surface area contributed by atoms with E-state index in [2.05, 4.69) is 5.32 Å². The van der Waals surface area contributed by atoms with Gasteiger partial charge in [-0.15, -0.1) is 0 Å². The van der Waals surface area contributed by atoms with Gasteiger partial charge >= 0.3 is 0 Å². The molecular weight excluding hydrogens is 228 g/mol. The van der Waals surface area contributed by atoms with Crippen LogP contribution in [0.5, 0.6) is 0 Å². The summed E-state index contributed by atoms with van der Waals surface area (Å²) in [6.07, 6.45) is 2.11. The third-order valence-corrected chi connectivity index (χ3v) is 3.05. The molecule has 1 saturated carbocycles. The number of aliphatic hydroxyl groups is 1. The Morgan fingerprint density at radius 2 is 1.94 bits per heavy atom. The Morgan fingerprint density at radius 3 is 2.41 bits per heavy atom. The van der Waals surface area contributed by atoms with E-state index in [0.29, 0.717) is 12.8 Å². The van der Waals surface area contributed by atoms with Crippen molar-refractivity contribution >= 4 is 5.91 Å². The lowest BCUT2D eigenvalue weighted by molar-refractivity contribution is -0.0301. The number of halogens is 2. The maximum absolute atomic E-state index is 13.3. The molecule has 1 aliphatic carbocycles. The predicted molar refractivity (Wildman–Crippen MR) is 57.5 cm³/mol. The van der Waals surface area contributed by atoms with Gasteiger partial charge in [0, 0.05) is 6.54 Å². The first-order valence-electron chi connectivity index (χ1n) is 5.46. The SMILES string of the molecule is O=C(NCC1(O)CCC1)c1c(F)cccc1F. The lowest BCUT2D eigenvalue weighted by Gasteiger charge is -2.36. The Bertz CT molecular complexity index is 424. The fourth-order valence-electron chi connectivity index (χ4n) is 1.81. The van der Waals surface area contributed by atoms with E-state index in [1.165, 1.54) is 6.07 Å². The summed E-state index contributed by atoms with van der Waals surface area (Å²) in [6, 6.07) is 3.24. The van der Waals surface area contributed by atoms with Crippen LogP contribution in [0.4, 0.5) is 8.78 Å². The lowest BCUT2D eigenvalue weighted by atomic mass is 9.80. The Labute approximate surface area is 97.5 Å². The second-order valence-electron chi connectivity index (χ2n) is 4.36. The van der Waals surface area contributed by atoms with Gasteiger partial charge in [0.1, 0.15) is 17.2 Å². The van der Waals surface area contributed by atoms with Crippen LogP contribution in [0.2, 0.25) is 0 Å². The van der Waals surface area contributed by atoms with Gasteiger partial charge in [0.2, 0.25) is 0 Å². The zero-order valence-corrected chi connectivity index (χ0v) is 9.17. The second-order valence-corrected chi connectivity index (χ2v) is 4.36. The van der Waals surface area contributed by atoms with Gasteiger partial charge in [-0.3, -0.25) is 4.79 Å². The van der Waals surface area contributed by atoms with Crippen molar-refractivity contribution < 1.29 is 18.7 Å². The van der Waals surface area contributed by atoms with Crippen LogP contribution in [0.3, 0.4) is 0 Å². The summed E-state index contributed by atoms with van der Waals surface area (Å²) in [7, 11) is 0. The fraction of sp³-hybridized carbons (Fsp3) is 0.417. The van der Waals surface area contributed by atoms with Crippen LogP contribution in [-0.4, -0.2) is 23.2 Å². The molecule has 1 aromatic rings. The third kappa shape index (κ3) is 2.44. The van der Waals surface area contributed by atoms with E-state index in [9.17, 15) is 18.7 Å². The molecule has 0 aliphatic heterocycles. The van der Waals surface area contributed by atoms with Crippen molar-refractivity contribution in [1.82, 2.24) is 5.32 Å². The highest BCUT2D eigenvalue weighted by atomic mass is 19.1. The van der Waals surface area contributed by atoms with Gasteiger partial charge in [0.05, 0.1) is 5.60 Å². The molecule has 2 rings (SSSR count). The first kappa shape index (κ1) is 12.0. The zero-order chi connectivity index (χ0) is 12.5. The van der Waals surface area contributed by atoms with Gasteiger partial charge in [-0.05, 0) is 31.4 Å². The van der Waals surface area contributed by atoms with Gasteiger partial charge < -0.3 is 10.4 Å². The zero-order valence-electron chi connectivity index (χ0n) is 9.17. The van der Waals surface area contributed by atoms with E-state index in [1.54, 1.807) is 0 Å². The van der Waals surface area contributed by atoms with Gasteiger partial charge in [-0.1, -0.05) is 6.07 Å². The minimum absolute atomic E-state index is 0.0274. The summed E-state index contributed by atoms with van der Waals surface area (Å²) in [5.74, 6) is -2.63. The molecule has 0 bridgehead atoms. The van der Waals surface area contributed by atoms with Crippen LogP contribution in [0, 0.1) is 11.6 Å². The normalized spacial score (nSPS) is 17.4. The van der Waals surface area contributed by atoms with E-state index < -0.39 is 28.7 Å². The molecule has 0 unspecified atom stereocenters. The molecule has 1 amide bonds. The largest absolute Gasteiger partial charge is 0.388 e. The van der Waals surface area contributed by atoms with Crippen molar-refractivity contribution in [3.05, 3.63) is 35.4 Å². The summed E-state index contributed by atoms with van der Waals surface area (Å²) >= 11 is 0. The molecule has 3 nitrogen and oxygen atoms in total. The average Bonchev–Trinajstić information content (AvgIpc) is 2.23. The number of benzene rings is 1. The number of carbonyl (C=O) groups is 1. The highest BCUT2D eigenvalue weighted by Crippen LogP contribution is 2.30. The summed E-state index contributed by atoms with van der Waals surface area (Å²) in [6.45, 7) is 0.0274.